The third-order valence-electron chi connectivity index (χ3n) is 3.34. The summed E-state index contributed by atoms with van der Waals surface area (Å²) >= 11 is 0. The van der Waals surface area contributed by atoms with Gasteiger partial charge in [-0.25, -0.2) is 9.18 Å². The van der Waals surface area contributed by atoms with E-state index >= 15 is 0 Å². The lowest BCUT2D eigenvalue weighted by Gasteiger charge is -2.14. The standard InChI is InChI=1S/C18H18FNO4/c1-12(24-16-9-7-15(19)8-10-16)17(21)20-11-13-3-5-14(6-4-13)18(22)23-2/h3-10,12H,11H2,1-2H3,(H,20,21)/t12-/m0/s1. The molecule has 0 aliphatic carbocycles. The number of methoxy groups -OCH3 is 1. The number of ether oxygens (including phenoxy) is 2. The average molecular weight is 331 g/mol. The summed E-state index contributed by atoms with van der Waals surface area (Å²) in [5, 5.41) is 2.74. The minimum atomic E-state index is -0.718. The highest BCUT2D eigenvalue weighted by atomic mass is 19.1. The maximum absolute atomic E-state index is 12.8. The predicted molar refractivity (Wildman–Crippen MR) is 86.1 cm³/mol. The fraction of sp³-hybridized carbons (Fsp3) is 0.222. The first kappa shape index (κ1) is 17.5. The molecule has 1 atom stereocenters. The summed E-state index contributed by atoms with van der Waals surface area (Å²) in [5.41, 5.74) is 1.28. The maximum atomic E-state index is 12.8. The van der Waals surface area contributed by atoms with Crippen LogP contribution in [0.2, 0.25) is 0 Å². The number of hydrogen-bond acceptors (Lipinski definition) is 4. The number of nitrogens with one attached hydrogen (secondary N) is 1. The molecule has 0 saturated carbocycles. The van der Waals surface area contributed by atoms with Crippen LogP contribution in [0, 0.1) is 5.82 Å². The van der Waals surface area contributed by atoms with E-state index in [1.54, 1.807) is 31.2 Å². The van der Waals surface area contributed by atoms with E-state index in [4.69, 9.17) is 4.74 Å². The molecule has 0 radical (unpaired) electrons. The third-order valence-corrected chi connectivity index (χ3v) is 3.34. The molecule has 5 nitrogen and oxygen atoms in total. The number of hydrogen-bond donors (Lipinski definition) is 1. The molecule has 0 bridgehead atoms. The Balaban J connectivity index is 1.85. The van der Waals surface area contributed by atoms with Crippen molar-refractivity contribution in [2.24, 2.45) is 0 Å². The van der Waals surface area contributed by atoms with Crippen molar-refractivity contribution in [3.8, 4) is 5.75 Å². The van der Waals surface area contributed by atoms with Gasteiger partial charge in [-0.2, -0.15) is 0 Å². The number of esters is 1. The van der Waals surface area contributed by atoms with E-state index in [1.165, 1.54) is 31.4 Å². The molecule has 0 unspecified atom stereocenters. The van der Waals surface area contributed by atoms with Gasteiger partial charge in [0.15, 0.2) is 6.10 Å². The summed E-state index contributed by atoms with van der Waals surface area (Å²) in [4.78, 5) is 23.4. The predicted octanol–water partition coefficient (Wildman–Crippen LogP) is 2.70. The molecule has 2 aromatic rings. The van der Waals surface area contributed by atoms with Gasteiger partial charge in [-0.05, 0) is 48.9 Å². The molecule has 126 valence electrons. The number of carbonyl (C=O) groups excluding carboxylic acids is 2. The SMILES string of the molecule is COC(=O)c1ccc(CNC(=O)[C@H](C)Oc2ccc(F)cc2)cc1. The van der Waals surface area contributed by atoms with Crippen LogP contribution in [-0.2, 0) is 16.1 Å². The third kappa shape index (κ3) is 4.81. The first-order chi connectivity index (χ1) is 11.5. The lowest BCUT2D eigenvalue weighted by atomic mass is 10.1. The molecule has 2 aromatic carbocycles. The monoisotopic (exact) mass is 331 g/mol. The Hall–Kier alpha value is -2.89. The molecular weight excluding hydrogens is 313 g/mol. The van der Waals surface area contributed by atoms with Gasteiger partial charge >= 0.3 is 5.97 Å². The number of halogens is 1. The Morgan fingerprint density at radius 1 is 1.08 bits per heavy atom. The van der Waals surface area contributed by atoms with E-state index in [1.807, 2.05) is 0 Å². The van der Waals surface area contributed by atoms with Gasteiger partial charge in [0.05, 0.1) is 12.7 Å². The first-order valence-corrected chi connectivity index (χ1v) is 7.37. The van der Waals surface area contributed by atoms with Crippen molar-refractivity contribution in [3.05, 3.63) is 65.5 Å². The molecule has 0 aromatic heterocycles. The van der Waals surface area contributed by atoms with Gasteiger partial charge in [0, 0.05) is 6.54 Å². The van der Waals surface area contributed by atoms with Crippen LogP contribution in [0.4, 0.5) is 4.39 Å². The first-order valence-electron chi connectivity index (χ1n) is 7.37. The van der Waals surface area contributed by atoms with E-state index in [9.17, 15) is 14.0 Å². The second kappa shape index (κ2) is 8.10. The van der Waals surface area contributed by atoms with Crippen molar-refractivity contribution >= 4 is 11.9 Å². The number of carbonyl (C=O) groups is 2. The quantitative estimate of drug-likeness (QED) is 0.827. The summed E-state index contributed by atoms with van der Waals surface area (Å²) in [5.74, 6) is -0.653. The van der Waals surface area contributed by atoms with Gasteiger partial charge in [-0.3, -0.25) is 4.79 Å². The molecule has 24 heavy (non-hydrogen) atoms. The molecule has 1 N–H and O–H groups in total. The topological polar surface area (TPSA) is 64.6 Å². The Morgan fingerprint density at radius 3 is 2.29 bits per heavy atom. The fourth-order valence-electron chi connectivity index (χ4n) is 1.98. The Bertz CT molecular complexity index is 698. The van der Waals surface area contributed by atoms with Crippen LogP contribution in [0.5, 0.6) is 5.75 Å². The van der Waals surface area contributed by atoms with Crippen molar-refractivity contribution < 1.29 is 23.5 Å². The molecule has 0 fully saturated rings. The van der Waals surface area contributed by atoms with Gasteiger partial charge in [0.2, 0.25) is 0 Å². The highest BCUT2D eigenvalue weighted by Gasteiger charge is 2.14. The van der Waals surface area contributed by atoms with Crippen LogP contribution in [0.1, 0.15) is 22.8 Å². The van der Waals surface area contributed by atoms with Gasteiger partial charge in [0.1, 0.15) is 11.6 Å². The zero-order valence-corrected chi connectivity index (χ0v) is 13.4. The largest absolute Gasteiger partial charge is 0.481 e. The fourth-order valence-corrected chi connectivity index (χ4v) is 1.98. The molecule has 2 rings (SSSR count). The summed E-state index contributed by atoms with van der Waals surface area (Å²) in [6.45, 7) is 1.91. The second-order valence-electron chi connectivity index (χ2n) is 5.12. The second-order valence-corrected chi connectivity index (χ2v) is 5.12. The zero-order valence-electron chi connectivity index (χ0n) is 13.4. The van der Waals surface area contributed by atoms with Crippen LogP contribution in [0.25, 0.3) is 0 Å². The lowest BCUT2D eigenvalue weighted by Crippen LogP contribution is -2.35. The van der Waals surface area contributed by atoms with E-state index in [0.29, 0.717) is 17.9 Å². The lowest BCUT2D eigenvalue weighted by molar-refractivity contribution is -0.127. The van der Waals surface area contributed by atoms with Gasteiger partial charge in [-0.15, -0.1) is 0 Å². The number of benzene rings is 2. The van der Waals surface area contributed by atoms with Crippen molar-refractivity contribution in [2.75, 3.05) is 7.11 Å². The molecule has 0 aliphatic rings. The van der Waals surface area contributed by atoms with Gasteiger partial charge in [-0.1, -0.05) is 12.1 Å². The van der Waals surface area contributed by atoms with Crippen molar-refractivity contribution in [1.82, 2.24) is 5.32 Å². The minimum absolute atomic E-state index is 0.295. The van der Waals surface area contributed by atoms with Gasteiger partial charge < -0.3 is 14.8 Å². The maximum Gasteiger partial charge on any atom is 0.337 e. The highest BCUT2D eigenvalue weighted by molar-refractivity contribution is 5.89. The zero-order chi connectivity index (χ0) is 17.5. The van der Waals surface area contributed by atoms with E-state index in [0.717, 1.165) is 5.56 Å². The minimum Gasteiger partial charge on any atom is -0.481 e. The van der Waals surface area contributed by atoms with Crippen LogP contribution < -0.4 is 10.1 Å². The normalized spacial score (nSPS) is 11.5. The molecule has 1 amide bonds. The smallest absolute Gasteiger partial charge is 0.337 e. The van der Waals surface area contributed by atoms with E-state index in [-0.39, 0.29) is 11.7 Å². The van der Waals surface area contributed by atoms with Crippen LogP contribution in [-0.4, -0.2) is 25.1 Å². The Kier molecular flexibility index (Phi) is 5.89. The molecule has 6 heteroatoms. The van der Waals surface area contributed by atoms with Crippen LogP contribution in [0.15, 0.2) is 48.5 Å². The summed E-state index contributed by atoms with van der Waals surface area (Å²) < 4.78 is 22.9. The van der Waals surface area contributed by atoms with Crippen LogP contribution in [0.3, 0.4) is 0 Å². The summed E-state index contributed by atoms with van der Waals surface area (Å²) in [7, 11) is 1.32. The van der Waals surface area contributed by atoms with Crippen LogP contribution >= 0.6 is 0 Å². The summed E-state index contributed by atoms with van der Waals surface area (Å²) in [6.07, 6.45) is -0.718. The van der Waals surface area contributed by atoms with Crippen molar-refractivity contribution in [3.63, 3.8) is 0 Å². The highest BCUT2D eigenvalue weighted by Crippen LogP contribution is 2.13. The summed E-state index contributed by atoms with van der Waals surface area (Å²) in [6, 6.07) is 12.2. The van der Waals surface area contributed by atoms with Crippen molar-refractivity contribution in [1.29, 1.82) is 0 Å². The molecule has 0 aliphatic heterocycles. The number of amides is 1. The molecule has 0 spiro atoms. The Labute approximate surface area is 139 Å². The Morgan fingerprint density at radius 2 is 1.71 bits per heavy atom. The molecular formula is C18H18FNO4. The number of rotatable bonds is 6. The molecule has 0 saturated heterocycles. The van der Waals surface area contributed by atoms with Gasteiger partial charge in [0.25, 0.3) is 5.91 Å². The van der Waals surface area contributed by atoms with E-state index in [2.05, 4.69) is 10.1 Å². The van der Waals surface area contributed by atoms with E-state index < -0.39 is 12.1 Å². The molecule has 0 heterocycles. The average Bonchev–Trinajstić information content (AvgIpc) is 2.61. The van der Waals surface area contributed by atoms with Crippen molar-refractivity contribution in [2.45, 2.75) is 19.6 Å².